The van der Waals surface area contributed by atoms with Crippen LogP contribution in [0, 0.1) is 16.0 Å². The van der Waals surface area contributed by atoms with E-state index in [0.717, 1.165) is 16.8 Å². The molecule has 0 aliphatic carbocycles. The van der Waals surface area contributed by atoms with Crippen molar-refractivity contribution in [2.75, 3.05) is 4.90 Å². The molecular formula is C32H24N2O4. The topological polar surface area (TPSA) is 80.5 Å². The Morgan fingerprint density at radius 3 is 2.13 bits per heavy atom. The molecule has 0 saturated carbocycles. The van der Waals surface area contributed by atoms with Gasteiger partial charge in [-0.2, -0.15) is 0 Å². The first-order chi connectivity index (χ1) is 18.5. The monoisotopic (exact) mass is 500 g/mol. The maximum Gasteiger partial charge on any atom is 0.270 e. The lowest BCUT2D eigenvalue weighted by molar-refractivity contribution is -0.384. The van der Waals surface area contributed by atoms with E-state index in [0.29, 0.717) is 5.56 Å². The molecule has 4 aromatic carbocycles. The zero-order valence-electron chi connectivity index (χ0n) is 20.4. The molecule has 0 aromatic heterocycles. The second-order valence-electron chi connectivity index (χ2n) is 9.62. The summed E-state index contributed by atoms with van der Waals surface area (Å²) in [6.45, 7) is 0. The first kappa shape index (κ1) is 23.6. The molecular weight excluding hydrogens is 476 g/mol. The van der Waals surface area contributed by atoms with Crippen LogP contribution in [0.1, 0.15) is 37.8 Å². The fourth-order valence-electron chi connectivity index (χ4n) is 5.94. The van der Waals surface area contributed by atoms with Gasteiger partial charge in [0, 0.05) is 34.9 Å². The van der Waals surface area contributed by atoms with E-state index in [9.17, 15) is 19.7 Å². The predicted molar refractivity (Wildman–Crippen MR) is 146 cm³/mol. The van der Waals surface area contributed by atoms with Crippen LogP contribution in [0.3, 0.4) is 0 Å². The van der Waals surface area contributed by atoms with E-state index < -0.39 is 22.8 Å². The lowest BCUT2D eigenvalue weighted by Crippen LogP contribution is -2.43. The van der Waals surface area contributed by atoms with Crippen molar-refractivity contribution in [3.05, 3.63) is 148 Å². The number of nitro groups is 1. The molecule has 186 valence electrons. The number of para-hydroxylation sites is 1. The first-order valence-electron chi connectivity index (χ1n) is 12.5. The van der Waals surface area contributed by atoms with E-state index >= 15 is 0 Å². The number of fused-ring (bicyclic) bond motifs is 3. The van der Waals surface area contributed by atoms with Crippen LogP contribution >= 0.6 is 0 Å². The lowest BCUT2D eigenvalue weighted by atomic mass is 9.76. The molecule has 0 spiro atoms. The quantitative estimate of drug-likeness (QED) is 0.175. The highest BCUT2D eigenvalue weighted by Gasteiger charge is 2.55. The van der Waals surface area contributed by atoms with Crippen LogP contribution in [-0.4, -0.2) is 28.6 Å². The molecule has 6 nitrogen and oxygen atoms in total. The van der Waals surface area contributed by atoms with Crippen LogP contribution in [0.4, 0.5) is 11.4 Å². The van der Waals surface area contributed by atoms with Crippen LogP contribution in [-0.2, 0) is 0 Å². The number of carbonyl (C=O) groups excluding carboxylic acids is 2. The molecule has 1 saturated heterocycles. The van der Waals surface area contributed by atoms with E-state index in [2.05, 4.69) is 4.90 Å². The zero-order valence-corrected chi connectivity index (χ0v) is 20.4. The fraction of sp³-hybridized carbons (Fsp3) is 0.125. The Kier molecular flexibility index (Phi) is 5.92. The molecule has 0 radical (unpaired) electrons. The number of hydrogen-bond donors (Lipinski definition) is 0. The Morgan fingerprint density at radius 2 is 1.39 bits per heavy atom. The number of nitrogens with zero attached hydrogens (tertiary/aromatic N) is 2. The summed E-state index contributed by atoms with van der Waals surface area (Å²) in [6, 6.07) is 31.4. The smallest absolute Gasteiger partial charge is 0.270 e. The number of rotatable bonds is 6. The third-order valence-electron chi connectivity index (χ3n) is 7.56. The van der Waals surface area contributed by atoms with E-state index in [-0.39, 0.29) is 28.9 Å². The normalized spacial score (nSPS) is 21.4. The average Bonchev–Trinajstić information content (AvgIpc) is 3.33. The maximum atomic E-state index is 14.4. The minimum absolute atomic E-state index is 0.0344. The van der Waals surface area contributed by atoms with Gasteiger partial charge in [-0.15, -0.1) is 0 Å². The van der Waals surface area contributed by atoms with E-state index in [4.69, 9.17) is 0 Å². The third-order valence-corrected chi connectivity index (χ3v) is 7.56. The molecule has 0 bridgehead atoms. The molecule has 4 atom stereocenters. The first-order valence-corrected chi connectivity index (χ1v) is 12.5. The van der Waals surface area contributed by atoms with E-state index in [1.807, 2.05) is 97.1 Å². The van der Waals surface area contributed by atoms with Crippen LogP contribution in [0.5, 0.6) is 0 Å². The zero-order chi connectivity index (χ0) is 26.2. The third kappa shape index (κ3) is 3.91. The Bertz CT molecular complexity index is 1560. The summed E-state index contributed by atoms with van der Waals surface area (Å²) in [5, 5.41) is 11.5. The van der Waals surface area contributed by atoms with Gasteiger partial charge in [0.15, 0.2) is 11.6 Å². The average molecular weight is 501 g/mol. The van der Waals surface area contributed by atoms with Crippen molar-refractivity contribution in [1.29, 1.82) is 0 Å². The van der Waals surface area contributed by atoms with Gasteiger partial charge >= 0.3 is 0 Å². The molecule has 0 unspecified atom stereocenters. The highest BCUT2D eigenvalue weighted by atomic mass is 16.6. The number of carbonyl (C=O) groups is 2. The molecule has 38 heavy (non-hydrogen) atoms. The molecule has 2 aliphatic rings. The van der Waals surface area contributed by atoms with Crippen LogP contribution < -0.4 is 4.90 Å². The van der Waals surface area contributed by atoms with Crippen molar-refractivity contribution in [3.63, 3.8) is 0 Å². The van der Waals surface area contributed by atoms with Crippen LogP contribution in [0.15, 0.2) is 115 Å². The number of benzene rings is 4. The minimum Gasteiger partial charge on any atom is -0.353 e. The highest BCUT2D eigenvalue weighted by Crippen LogP contribution is 2.50. The molecule has 1 fully saturated rings. The number of hydrogen-bond acceptors (Lipinski definition) is 5. The van der Waals surface area contributed by atoms with Crippen molar-refractivity contribution in [2.24, 2.45) is 5.92 Å². The molecule has 4 aromatic rings. The number of ketones is 2. The summed E-state index contributed by atoms with van der Waals surface area (Å²) in [6.07, 6.45) is 4.04. The maximum absolute atomic E-state index is 14.4. The predicted octanol–water partition coefficient (Wildman–Crippen LogP) is 6.34. The second-order valence-corrected chi connectivity index (χ2v) is 9.62. The summed E-state index contributed by atoms with van der Waals surface area (Å²) >= 11 is 0. The summed E-state index contributed by atoms with van der Waals surface area (Å²) in [7, 11) is 0. The largest absolute Gasteiger partial charge is 0.353 e. The molecule has 2 heterocycles. The number of anilines is 1. The molecule has 0 amide bonds. The van der Waals surface area contributed by atoms with Crippen LogP contribution in [0.25, 0.3) is 6.08 Å². The highest BCUT2D eigenvalue weighted by molar-refractivity contribution is 6.07. The standard InChI is InChI=1S/C32H24N2O4/c35-31(23-13-5-2-6-14-23)29-27-19-18-21-10-7-8-17-26(21)33(27)30(28(29)22-11-3-1-4-12-22)32(36)24-15-9-16-25(20-24)34(37)38/h1-20,27-30H/t27-,28-,29-,30+/m0/s1. The number of non-ortho nitro benzene ring substituents is 1. The molecule has 6 rings (SSSR count). The second kappa shape index (κ2) is 9.56. The van der Waals surface area contributed by atoms with E-state index in [1.165, 1.54) is 18.2 Å². The van der Waals surface area contributed by atoms with Gasteiger partial charge in [-0.25, -0.2) is 0 Å². The summed E-state index contributed by atoms with van der Waals surface area (Å²) in [4.78, 5) is 41.6. The van der Waals surface area contributed by atoms with Gasteiger partial charge in [0.25, 0.3) is 5.69 Å². The summed E-state index contributed by atoms with van der Waals surface area (Å²) in [5.41, 5.74) is 3.41. The Hall–Kier alpha value is -4.84. The van der Waals surface area contributed by atoms with Gasteiger partial charge in [-0.3, -0.25) is 19.7 Å². The van der Waals surface area contributed by atoms with Gasteiger partial charge in [0.2, 0.25) is 0 Å². The Morgan fingerprint density at radius 1 is 0.737 bits per heavy atom. The van der Waals surface area contributed by atoms with Gasteiger partial charge in [-0.1, -0.05) is 103 Å². The van der Waals surface area contributed by atoms with E-state index in [1.54, 1.807) is 6.07 Å². The van der Waals surface area contributed by atoms with Crippen molar-refractivity contribution in [3.8, 4) is 0 Å². The van der Waals surface area contributed by atoms with Gasteiger partial charge in [0.05, 0.1) is 16.9 Å². The molecule has 2 aliphatic heterocycles. The van der Waals surface area contributed by atoms with Crippen molar-refractivity contribution >= 4 is 29.0 Å². The van der Waals surface area contributed by atoms with Crippen molar-refractivity contribution in [2.45, 2.75) is 18.0 Å². The van der Waals surface area contributed by atoms with Gasteiger partial charge in [0.1, 0.15) is 6.04 Å². The van der Waals surface area contributed by atoms with Gasteiger partial charge in [-0.05, 0) is 17.2 Å². The SMILES string of the molecule is O=C(c1ccccc1)[C@@H]1[C@H](c2ccccc2)[C@H](C(=O)c2cccc([N+](=O)[O-])c2)N2c3ccccc3C=C[C@@H]12. The Balaban J connectivity index is 1.57. The lowest BCUT2D eigenvalue weighted by Gasteiger charge is -2.35. The molecule has 6 heteroatoms. The fourth-order valence-corrected chi connectivity index (χ4v) is 5.94. The summed E-state index contributed by atoms with van der Waals surface area (Å²) < 4.78 is 0. The number of nitro benzene ring substituents is 1. The van der Waals surface area contributed by atoms with Crippen LogP contribution in [0.2, 0.25) is 0 Å². The number of Topliss-reactive ketones (excluding diaryl/α,β-unsaturated/α-hetero) is 2. The molecule has 0 N–H and O–H groups in total. The van der Waals surface area contributed by atoms with Crippen molar-refractivity contribution in [1.82, 2.24) is 0 Å². The summed E-state index contributed by atoms with van der Waals surface area (Å²) in [5.74, 6) is -1.30. The van der Waals surface area contributed by atoms with Crippen molar-refractivity contribution < 1.29 is 14.5 Å². The minimum atomic E-state index is -0.742. The van der Waals surface area contributed by atoms with Gasteiger partial charge < -0.3 is 4.90 Å². The Labute approximate surface area is 220 Å².